The normalized spacial score (nSPS) is 26.8. The van der Waals surface area contributed by atoms with Crippen molar-refractivity contribution in [1.29, 1.82) is 0 Å². The lowest BCUT2D eigenvalue weighted by Crippen LogP contribution is -2.44. The van der Waals surface area contributed by atoms with Crippen LogP contribution in [0.3, 0.4) is 0 Å². The lowest BCUT2D eigenvalue weighted by atomic mass is 9.93. The van der Waals surface area contributed by atoms with Gasteiger partial charge in [0.25, 0.3) is 0 Å². The maximum atomic E-state index is 11.9. The van der Waals surface area contributed by atoms with E-state index < -0.39 is 16.1 Å². The maximum absolute atomic E-state index is 11.9. The van der Waals surface area contributed by atoms with E-state index in [4.69, 9.17) is 0 Å². The van der Waals surface area contributed by atoms with E-state index in [0.717, 1.165) is 12.8 Å². The molecule has 6 heteroatoms. The summed E-state index contributed by atoms with van der Waals surface area (Å²) in [6, 6.07) is 2.94. The lowest BCUT2D eigenvalue weighted by molar-refractivity contribution is 0.101. The first kappa shape index (κ1) is 12.0. The second-order valence-corrected chi connectivity index (χ2v) is 6.90. The Labute approximate surface area is 99.4 Å². The summed E-state index contributed by atoms with van der Waals surface area (Å²) in [6.07, 6.45) is 2.78. The molecule has 1 fully saturated rings. The molecule has 4 nitrogen and oxygen atoms in total. The van der Waals surface area contributed by atoms with Gasteiger partial charge in [0.1, 0.15) is 4.21 Å². The van der Waals surface area contributed by atoms with Crippen molar-refractivity contribution in [2.45, 2.75) is 42.0 Å². The molecule has 0 bridgehead atoms. The van der Waals surface area contributed by atoms with Crippen LogP contribution < -0.4 is 4.72 Å². The molecule has 90 valence electrons. The Morgan fingerprint density at radius 2 is 2.12 bits per heavy atom. The molecule has 0 saturated heterocycles. The molecule has 0 radical (unpaired) electrons. The Hall–Kier alpha value is -0.430. The molecule has 0 aliphatic heterocycles. The van der Waals surface area contributed by atoms with E-state index in [1.54, 1.807) is 17.5 Å². The van der Waals surface area contributed by atoms with E-state index in [1.165, 1.54) is 11.3 Å². The predicted molar refractivity (Wildman–Crippen MR) is 62.9 cm³/mol. The van der Waals surface area contributed by atoms with Crippen LogP contribution in [-0.2, 0) is 10.0 Å². The fraction of sp³-hybridized carbons (Fsp3) is 0.600. The van der Waals surface area contributed by atoms with E-state index in [0.29, 0.717) is 17.1 Å². The summed E-state index contributed by atoms with van der Waals surface area (Å²) in [6.45, 7) is 0. The standard InChI is InChI=1S/C10H15NO3S2/c12-9-5-2-1-4-8(9)11-16(13,14)10-6-3-7-15-10/h3,6-9,11-12H,1-2,4-5H2. The molecule has 16 heavy (non-hydrogen) atoms. The monoisotopic (exact) mass is 261 g/mol. The summed E-state index contributed by atoms with van der Waals surface area (Å²) in [4.78, 5) is 0. The van der Waals surface area contributed by atoms with Gasteiger partial charge in [-0.2, -0.15) is 0 Å². The molecule has 0 spiro atoms. The maximum Gasteiger partial charge on any atom is 0.250 e. The highest BCUT2D eigenvalue weighted by Gasteiger charge is 2.28. The van der Waals surface area contributed by atoms with Gasteiger partial charge in [0.15, 0.2) is 0 Å². The number of aliphatic hydroxyl groups is 1. The van der Waals surface area contributed by atoms with Crippen LogP contribution in [0.2, 0.25) is 0 Å². The Balaban J connectivity index is 2.09. The zero-order valence-electron chi connectivity index (χ0n) is 8.80. The summed E-state index contributed by atoms with van der Waals surface area (Å²) in [5, 5.41) is 11.4. The van der Waals surface area contributed by atoms with Crippen molar-refractivity contribution in [3.63, 3.8) is 0 Å². The summed E-state index contributed by atoms with van der Waals surface area (Å²) < 4.78 is 26.7. The highest BCUT2D eigenvalue weighted by Crippen LogP contribution is 2.22. The summed E-state index contributed by atoms with van der Waals surface area (Å²) in [5.74, 6) is 0. The first-order valence-electron chi connectivity index (χ1n) is 5.33. The largest absolute Gasteiger partial charge is 0.391 e. The van der Waals surface area contributed by atoms with Crippen molar-refractivity contribution in [2.24, 2.45) is 0 Å². The minimum Gasteiger partial charge on any atom is -0.391 e. The lowest BCUT2D eigenvalue weighted by Gasteiger charge is -2.27. The molecule has 2 N–H and O–H groups in total. The van der Waals surface area contributed by atoms with Gasteiger partial charge in [-0.05, 0) is 24.3 Å². The quantitative estimate of drug-likeness (QED) is 0.862. The third-order valence-electron chi connectivity index (χ3n) is 2.80. The van der Waals surface area contributed by atoms with Crippen LogP contribution in [0.25, 0.3) is 0 Å². The van der Waals surface area contributed by atoms with Crippen LogP contribution in [0.5, 0.6) is 0 Å². The third kappa shape index (κ3) is 2.63. The van der Waals surface area contributed by atoms with Crippen LogP contribution >= 0.6 is 11.3 Å². The molecule has 1 heterocycles. The van der Waals surface area contributed by atoms with E-state index in [1.807, 2.05) is 0 Å². The van der Waals surface area contributed by atoms with Gasteiger partial charge >= 0.3 is 0 Å². The van der Waals surface area contributed by atoms with Gasteiger partial charge in [-0.15, -0.1) is 11.3 Å². The van der Waals surface area contributed by atoms with Crippen molar-refractivity contribution in [1.82, 2.24) is 4.72 Å². The number of sulfonamides is 1. The minimum absolute atomic E-state index is 0.310. The molecule has 0 aromatic carbocycles. The van der Waals surface area contributed by atoms with Crippen molar-refractivity contribution in [3.8, 4) is 0 Å². The first-order valence-corrected chi connectivity index (χ1v) is 7.70. The molecule has 1 saturated carbocycles. The van der Waals surface area contributed by atoms with Gasteiger partial charge in [0.05, 0.1) is 6.10 Å². The first-order chi connectivity index (χ1) is 7.59. The topological polar surface area (TPSA) is 66.4 Å². The van der Waals surface area contributed by atoms with Gasteiger partial charge in [0.2, 0.25) is 10.0 Å². The van der Waals surface area contributed by atoms with Gasteiger partial charge < -0.3 is 5.11 Å². The predicted octanol–water partition coefficient (Wildman–Crippen LogP) is 1.33. The Morgan fingerprint density at radius 3 is 2.75 bits per heavy atom. The van der Waals surface area contributed by atoms with E-state index in [9.17, 15) is 13.5 Å². The molecular weight excluding hydrogens is 246 g/mol. The van der Waals surface area contributed by atoms with Crippen LogP contribution in [-0.4, -0.2) is 25.7 Å². The van der Waals surface area contributed by atoms with Crippen LogP contribution in [0, 0.1) is 0 Å². The fourth-order valence-electron chi connectivity index (χ4n) is 1.92. The van der Waals surface area contributed by atoms with Crippen molar-refractivity contribution < 1.29 is 13.5 Å². The SMILES string of the molecule is O=S(=O)(NC1CCCCC1O)c1cccs1. The molecule has 1 aromatic rings. The van der Waals surface area contributed by atoms with E-state index in [-0.39, 0.29) is 6.04 Å². The van der Waals surface area contributed by atoms with Gasteiger partial charge in [-0.1, -0.05) is 18.9 Å². The van der Waals surface area contributed by atoms with Gasteiger partial charge in [-0.25, -0.2) is 13.1 Å². The van der Waals surface area contributed by atoms with E-state index in [2.05, 4.69) is 4.72 Å². The minimum atomic E-state index is -3.44. The van der Waals surface area contributed by atoms with Crippen molar-refractivity contribution in [2.75, 3.05) is 0 Å². The number of thiophene rings is 1. The molecule has 1 aliphatic carbocycles. The molecule has 1 aliphatic rings. The van der Waals surface area contributed by atoms with E-state index >= 15 is 0 Å². The van der Waals surface area contributed by atoms with Gasteiger partial charge in [0, 0.05) is 6.04 Å². The number of hydrogen-bond donors (Lipinski definition) is 2. The van der Waals surface area contributed by atoms with Crippen LogP contribution in [0.4, 0.5) is 0 Å². The second-order valence-electron chi connectivity index (χ2n) is 4.01. The van der Waals surface area contributed by atoms with Crippen LogP contribution in [0.15, 0.2) is 21.7 Å². The van der Waals surface area contributed by atoms with Crippen molar-refractivity contribution in [3.05, 3.63) is 17.5 Å². The Morgan fingerprint density at radius 1 is 1.38 bits per heavy atom. The molecule has 1 aromatic heterocycles. The van der Waals surface area contributed by atoms with Crippen LogP contribution in [0.1, 0.15) is 25.7 Å². The molecule has 2 rings (SSSR count). The second kappa shape index (κ2) is 4.83. The molecule has 2 unspecified atom stereocenters. The molecular formula is C10H15NO3S2. The highest BCUT2D eigenvalue weighted by atomic mass is 32.2. The smallest absolute Gasteiger partial charge is 0.250 e. The Bertz CT molecular complexity index is 427. The summed E-state index contributed by atoms with van der Waals surface area (Å²) in [7, 11) is -3.44. The summed E-state index contributed by atoms with van der Waals surface area (Å²) >= 11 is 1.19. The number of nitrogens with one attached hydrogen (secondary N) is 1. The average molecular weight is 261 g/mol. The third-order valence-corrected chi connectivity index (χ3v) is 5.68. The number of aliphatic hydroxyl groups excluding tert-OH is 1. The number of hydrogen-bond acceptors (Lipinski definition) is 4. The molecule has 2 atom stereocenters. The molecule has 0 amide bonds. The fourth-order valence-corrected chi connectivity index (χ4v) is 4.24. The zero-order valence-corrected chi connectivity index (χ0v) is 10.4. The number of rotatable bonds is 3. The zero-order chi connectivity index (χ0) is 11.6. The van der Waals surface area contributed by atoms with Gasteiger partial charge in [-0.3, -0.25) is 0 Å². The Kier molecular flexibility index (Phi) is 3.63. The average Bonchev–Trinajstić information content (AvgIpc) is 2.75. The highest BCUT2D eigenvalue weighted by molar-refractivity contribution is 7.91. The summed E-state index contributed by atoms with van der Waals surface area (Å²) in [5.41, 5.74) is 0. The van der Waals surface area contributed by atoms with Crippen molar-refractivity contribution >= 4 is 21.4 Å².